The lowest BCUT2D eigenvalue weighted by Gasteiger charge is -2.38. The molecule has 0 aliphatic carbocycles. The molecule has 2 aromatic carbocycles. The van der Waals surface area contributed by atoms with Gasteiger partial charge in [-0.25, -0.2) is 4.79 Å². The molecule has 0 spiro atoms. The van der Waals surface area contributed by atoms with Crippen molar-refractivity contribution in [1.29, 1.82) is 0 Å². The molecule has 166 valence electrons. The van der Waals surface area contributed by atoms with Gasteiger partial charge in [0.05, 0.1) is 12.0 Å². The van der Waals surface area contributed by atoms with Gasteiger partial charge in [0.15, 0.2) is 0 Å². The van der Waals surface area contributed by atoms with Gasteiger partial charge in [0, 0.05) is 25.6 Å². The van der Waals surface area contributed by atoms with Crippen LogP contribution in [0.25, 0.3) is 0 Å². The molecule has 1 saturated heterocycles. The fourth-order valence-electron chi connectivity index (χ4n) is 4.26. The van der Waals surface area contributed by atoms with Crippen LogP contribution >= 0.6 is 0 Å². The minimum atomic E-state index is -0.234. The number of nitrogens with zero attached hydrogens (tertiary/aromatic N) is 1. The van der Waals surface area contributed by atoms with Gasteiger partial charge in [0.2, 0.25) is 5.91 Å². The summed E-state index contributed by atoms with van der Waals surface area (Å²) in [5.74, 6) is -0.0734. The number of nitrogens with one attached hydrogen (secondary N) is 2. The van der Waals surface area contributed by atoms with E-state index in [2.05, 4.69) is 48.7 Å². The molecule has 1 heterocycles. The second-order valence-electron chi connectivity index (χ2n) is 8.68. The van der Waals surface area contributed by atoms with Gasteiger partial charge < -0.3 is 15.5 Å². The molecule has 1 fully saturated rings. The maximum Gasteiger partial charge on any atom is 0.317 e. The lowest BCUT2D eigenvalue weighted by atomic mass is 9.83. The molecular formula is C26H35N3O2. The molecule has 31 heavy (non-hydrogen) atoms. The summed E-state index contributed by atoms with van der Waals surface area (Å²) in [4.78, 5) is 27.8. The smallest absolute Gasteiger partial charge is 0.317 e. The number of piperidine rings is 1. The highest BCUT2D eigenvalue weighted by Crippen LogP contribution is 2.31. The number of aryl methyl sites for hydroxylation is 1. The van der Waals surface area contributed by atoms with E-state index in [1.165, 1.54) is 11.1 Å². The molecule has 1 aliphatic heterocycles. The molecule has 2 aromatic rings. The number of carbonyl (C=O) groups excluding carboxylic acids is 2. The van der Waals surface area contributed by atoms with E-state index in [1.54, 1.807) is 0 Å². The molecule has 0 radical (unpaired) electrons. The second-order valence-corrected chi connectivity index (χ2v) is 8.68. The highest BCUT2D eigenvalue weighted by Gasteiger charge is 2.35. The molecule has 3 unspecified atom stereocenters. The summed E-state index contributed by atoms with van der Waals surface area (Å²) in [6.45, 7) is 7.95. The highest BCUT2D eigenvalue weighted by molar-refractivity contribution is 5.81. The largest absolute Gasteiger partial charge is 0.349 e. The zero-order chi connectivity index (χ0) is 22.2. The normalized spacial score (nSPS) is 19.5. The van der Waals surface area contributed by atoms with Crippen molar-refractivity contribution in [2.75, 3.05) is 19.6 Å². The lowest BCUT2D eigenvalue weighted by Crippen LogP contribution is -2.51. The first-order valence-electron chi connectivity index (χ1n) is 11.4. The average molecular weight is 422 g/mol. The second kappa shape index (κ2) is 11.0. The molecule has 3 amide bonds. The Morgan fingerprint density at radius 2 is 1.87 bits per heavy atom. The molecule has 5 nitrogen and oxygen atoms in total. The van der Waals surface area contributed by atoms with E-state index in [-0.39, 0.29) is 29.8 Å². The Morgan fingerprint density at radius 1 is 1.10 bits per heavy atom. The summed E-state index contributed by atoms with van der Waals surface area (Å²) in [6, 6.07) is 18.3. The van der Waals surface area contributed by atoms with Gasteiger partial charge in [0.1, 0.15) is 0 Å². The quantitative estimate of drug-likeness (QED) is 0.632. The van der Waals surface area contributed by atoms with Gasteiger partial charge in [-0.05, 0) is 37.8 Å². The Hall–Kier alpha value is -2.82. The van der Waals surface area contributed by atoms with Crippen molar-refractivity contribution in [1.82, 2.24) is 15.5 Å². The van der Waals surface area contributed by atoms with Gasteiger partial charge in [0.25, 0.3) is 0 Å². The molecule has 0 saturated carbocycles. The first kappa shape index (κ1) is 22.9. The van der Waals surface area contributed by atoms with Crippen LogP contribution in [0.4, 0.5) is 4.79 Å². The number of rotatable bonds is 7. The van der Waals surface area contributed by atoms with E-state index in [4.69, 9.17) is 0 Å². The molecule has 0 aromatic heterocycles. The molecule has 3 rings (SSSR count). The van der Waals surface area contributed by atoms with Crippen molar-refractivity contribution in [2.24, 2.45) is 5.92 Å². The minimum absolute atomic E-state index is 0.0139. The van der Waals surface area contributed by atoms with Crippen molar-refractivity contribution < 1.29 is 9.59 Å². The summed E-state index contributed by atoms with van der Waals surface area (Å²) in [5, 5.41) is 6.18. The van der Waals surface area contributed by atoms with Crippen LogP contribution in [-0.4, -0.2) is 36.5 Å². The molecule has 5 heteroatoms. The molecule has 0 bridgehead atoms. The van der Waals surface area contributed by atoms with Crippen molar-refractivity contribution in [2.45, 2.75) is 52.0 Å². The lowest BCUT2D eigenvalue weighted by molar-refractivity contribution is -0.127. The topological polar surface area (TPSA) is 61.4 Å². The predicted molar refractivity (Wildman–Crippen MR) is 125 cm³/mol. The Labute approximate surface area is 186 Å². The third-order valence-electron chi connectivity index (χ3n) is 6.09. The zero-order valence-electron chi connectivity index (χ0n) is 18.9. The van der Waals surface area contributed by atoms with E-state index >= 15 is 0 Å². The van der Waals surface area contributed by atoms with Gasteiger partial charge >= 0.3 is 6.03 Å². The van der Waals surface area contributed by atoms with E-state index in [0.717, 1.165) is 24.8 Å². The van der Waals surface area contributed by atoms with Gasteiger partial charge in [-0.3, -0.25) is 4.79 Å². The van der Waals surface area contributed by atoms with Crippen LogP contribution in [0.15, 0.2) is 54.6 Å². The van der Waals surface area contributed by atoms with E-state index in [0.29, 0.717) is 19.6 Å². The predicted octanol–water partition coefficient (Wildman–Crippen LogP) is 4.79. The van der Waals surface area contributed by atoms with Crippen LogP contribution in [0.3, 0.4) is 0 Å². The fraction of sp³-hybridized carbons (Fsp3) is 0.462. The van der Waals surface area contributed by atoms with Crippen molar-refractivity contribution in [3.8, 4) is 0 Å². The third-order valence-corrected chi connectivity index (χ3v) is 6.09. The summed E-state index contributed by atoms with van der Waals surface area (Å²) >= 11 is 0. The van der Waals surface area contributed by atoms with E-state index in [1.807, 2.05) is 42.2 Å². The minimum Gasteiger partial charge on any atom is -0.349 e. The monoisotopic (exact) mass is 421 g/mol. The number of amides is 3. The van der Waals surface area contributed by atoms with Gasteiger partial charge in [-0.1, -0.05) is 73.5 Å². The zero-order valence-corrected chi connectivity index (χ0v) is 18.9. The van der Waals surface area contributed by atoms with Crippen LogP contribution in [0.2, 0.25) is 0 Å². The third kappa shape index (κ3) is 6.33. The number of carbonyl (C=O) groups is 2. The first-order valence-corrected chi connectivity index (χ1v) is 11.4. The molecule has 2 N–H and O–H groups in total. The number of urea groups is 1. The Bertz CT molecular complexity index is 868. The van der Waals surface area contributed by atoms with Gasteiger partial charge in [-0.15, -0.1) is 0 Å². The number of benzene rings is 2. The van der Waals surface area contributed by atoms with Crippen LogP contribution in [0, 0.1) is 12.8 Å². The number of unbranched alkanes of at least 4 members (excludes halogenated alkanes) is 1. The number of hydrogen-bond acceptors (Lipinski definition) is 2. The van der Waals surface area contributed by atoms with Crippen LogP contribution in [0.1, 0.15) is 61.8 Å². The molecule has 1 aliphatic rings. The fourth-order valence-corrected chi connectivity index (χ4v) is 4.26. The van der Waals surface area contributed by atoms with Crippen LogP contribution < -0.4 is 10.6 Å². The average Bonchev–Trinajstić information content (AvgIpc) is 2.79. The summed E-state index contributed by atoms with van der Waals surface area (Å²) in [6.07, 6.45) is 2.74. The number of hydrogen-bond donors (Lipinski definition) is 2. The maximum absolute atomic E-state index is 13.2. The van der Waals surface area contributed by atoms with Crippen molar-refractivity contribution >= 4 is 11.9 Å². The van der Waals surface area contributed by atoms with E-state index in [9.17, 15) is 9.59 Å². The van der Waals surface area contributed by atoms with E-state index < -0.39 is 0 Å². The van der Waals surface area contributed by atoms with Crippen LogP contribution in [0.5, 0.6) is 0 Å². The standard InChI is InChI=1S/C26H35N3O2/c1-4-5-14-27-26(31)29-17-23(22-13-9-10-19(2)15-22)16-24(18-29)25(30)28-20(3)21-11-7-6-8-12-21/h6-13,15,20,23-24H,4-5,14,16-18H2,1-3H3,(H,27,31)(H,28,30). The SMILES string of the molecule is CCCCNC(=O)N1CC(C(=O)NC(C)c2ccccc2)CC(c2cccc(C)c2)C1. The maximum atomic E-state index is 13.2. The highest BCUT2D eigenvalue weighted by atomic mass is 16.2. The summed E-state index contributed by atoms with van der Waals surface area (Å²) in [5.41, 5.74) is 3.47. The summed E-state index contributed by atoms with van der Waals surface area (Å²) in [7, 11) is 0. The Balaban J connectivity index is 1.74. The first-order chi connectivity index (χ1) is 15.0. The Morgan fingerprint density at radius 3 is 2.58 bits per heavy atom. The Kier molecular flexibility index (Phi) is 8.10. The van der Waals surface area contributed by atoms with Crippen molar-refractivity contribution in [3.05, 3.63) is 71.3 Å². The number of likely N-dealkylation sites (tertiary alicyclic amines) is 1. The summed E-state index contributed by atoms with van der Waals surface area (Å²) < 4.78 is 0. The van der Waals surface area contributed by atoms with Crippen molar-refractivity contribution in [3.63, 3.8) is 0 Å². The molecular weight excluding hydrogens is 386 g/mol. The van der Waals surface area contributed by atoms with Crippen LogP contribution in [-0.2, 0) is 4.79 Å². The van der Waals surface area contributed by atoms with Gasteiger partial charge in [-0.2, -0.15) is 0 Å². The molecule has 3 atom stereocenters.